The molecule has 2 heterocycles. The average Bonchev–Trinajstić information content (AvgIpc) is 3.16. The third kappa shape index (κ3) is 6.14. The largest absolute Gasteiger partial charge is 0.444 e. The maximum absolute atomic E-state index is 15.0. The number of hydrogen-bond acceptors (Lipinski definition) is 7. The van der Waals surface area contributed by atoms with Gasteiger partial charge in [0.2, 0.25) is 0 Å². The number of carbonyl (C=O) groups is 2. The van der Waals surface area contributed by atoms with Crippen LogP contribution in [0.4, 0.5) is 14.9 Å². The molecule has 2 amide bonds. The van der Waals surface area contributed by atoms with E-state index >= 15 is 4.39 Å². The summed E-state index contributed by atoms with van der Waals surface area (Å²) in [7, 11) is 0. The van der Waals surface area contributed by atoms with Gasteiger partial charge in [-0.05, 0) is 50.6 Å². The van der Waals surface area contributed by atoms with Crippen molar-refractivity contribution in [3.05, 3.63) is 57.6 Å². The lowest BCUT2D eigenvalue weighted by atomic mass is 10.1. The van der Waals surface area contributed by atoms with Crippen molar-refractivity contribution in [3.63, 3.8) is 0 Å². The van der Waals surface area contributed by atoms with Gasteiger partial charge in [0.1, 0.15) is 17.5 Å². The molecule has 0 radical (unpaired) electrons. The van der Waals surface area contributed by atoms with Crippen LogP contribution < -0.4 is 10.2 Å². The number of nitrogens with zero attached hydrogens (tertiary/aromatic N) is 3. The molecule has 12 heteroatoms. The second-order valence-corrected chi connectivity index (χ2v) is 10.9. The number of amides is 2. The summed E-state index contributed by atoms with van der Waals surface area (Å²) < 4.78 is 25.7. The van der Waals surface area contributed by atoms with Gasteiger partial charge in [0.05, 0.1) is 17.8 Å². The van der Waals surface area contributed by atoms with Gasteiger partial charge >= 0.3 is 6.09 Å². The third-order valence-corrected chi connectivity index (χ3v) is 6.60. The van der Waals surface area contributed by atoms with Crippen LogP contribution in [0.2, 0.25) is 5.02 Å². The lowest BCUT2D eigenvalue weighted by Crippen LogP contribution is -2.50. The predicted octanol–water partition coefficient (Wildman–Crippen LogP) is 5.82. The molecule has 35 heavy (non-hydrogen) atoms. The molecule has 0 unspecified atom stereocenters. The fourth-order valence-electron chi connectivity index (χ4n) is 3.39. The van der Waals surface area contributed by atoms with Crippen LogP contribution in [-0.4, -0.2) is 39.6 Å². The van der Waals surface area contributed by atoms with E-state index in [1.807, 2.05) is 0 Å². The minimum atomic E-state index is -0.904. The predicted molar refractivity (Wildman–Crippen MR) is 134 cm³/mol. The first-order valence-corrected chi connectivity index (χ1v) is 12.7. The molecule has 8 nitrogen and oxygen atoms in total. The second kappa shape index (κ2) is 10.2. The van der Waals surface area contributed by atoms with Gasteiger partial charge in [0.15, 0.2) is 0 Å². The highest BCUT2D eigenvalue weighted by Crippen LogP contribution is 2.40. The molecule has 0 saturated carbocycles. The Morgan fingerprint density at radius 3 is 2.66 bits per heavy atom. The van der Waals surface area contributed by atoms with Crippen molar-refractivity contribution in [2.45, 2.75) is 43.9 Å². The molecule has 184 valence electrons. The monoisotopic (exact) mass is 582 g/mol. The van der Waals surface area contributed by atoms with Crippen molar-refractivity contribution in [2.24, 2.45) is 0 Å². The molecule has 0 aliphatic carbocycles. The molecule has 1 aromatic heterocycles. The lowest BCUT2D eigenvalue weighted by Gasteiger charge is -2.27. The number of carbonyl (C=O) groups excluding carboxylic acids is 2. The van der Waals surface area contributed by atoms with E-state index in [9.17, 15) is 9.59 Å². The number of ether oxygens (including phenoxy) is 1. The van der Waals surface area contributed by atoms with Crippen LogP contribution in [-0.2, 0) is 16.1 Å². The Kier molecular flexibility index (Phi) is 7.39. The minimum absolute atomic E-state index is 0.0336. The molecule has 0 saturated heterocycles. The Morgan fingerprint density at radius 2 is 2.03 bits per heavy atom. The zero-order valence-electron chi connectivity index (χ0n) is 19.0. The number of fused-ring (bicyclic) bond motifs is 1. The summed E-state index contributed by atoms with van der Waals surface area (Å²) in [5.74, 6) is -0.799. The molecule has 1 aliphatic rings. The van der Waals surface area contributed by atoms with Crippen molar-refractivity contribution in [1.29, 1.82) is 0 Å². The number of thioether (sulfide) groups is 1. The first-order valence-electron chi connectivity index (χ1n) is 10.5. The molecule has 4 rings (SSSR count). The van der Waals surface area contributed by atoms with Gasteiger partial charge < -0.3 is 19.4 Å². The Morgan fingerprint density at radius 1 is 1.31 bits per heavy atom. The van der Waals surface area contributed by atoms with Gasteiger partial charge in [-0.3, -0.25) is 4.79 Å². The fourth-order valence-corrected chi connectivity index (χ4v) is 4.82. The highest BCUT2D eigenvalue weighted by Gasteiger charge is 2.34. The number of benzene rings is 2. The SMILES string of the molecule is CC(C)(C)OC(=O)N[C@H]1CSc2cc(F)c(-c3nnc(Br)o3)cc2N(Cc2ccc(Cl)cc2)C1=O. The first kappa shape index (κ1) is 25.5. The van der Waals surface area contributed by atoms with Crippen LogP contribution in [0.1, 0.15) is 26.3 Å². The van der Waals surface area contributed by atoms with Gasteiger partial charge in [-0.15, -0.1) is 22.0 Å². The van der Waals surface area contributed by atoms with Gasteiger partial charge in [-0.25, -0.2) is 9.18 Å². The number of halogens is 3. The summed E-state index contributed by atoms with van der Waals surface area (Å²) in [5.41, 5.74) is 0.570. The molecule has 0 spiro atoms. The molecular weight excluding hydrogens is 563 g/mol. The van der Waals surface area contributed by atoms with Crippen molar-refractivity contribution in [1.82, 2.24) is 15.5 Å². The van der Waals surface area contributed by atoms with Crippen molar-refractivity contribution >= 4 is 57.0 Å². The van der Waals surface area contributed by atoms with Gasteiger partial charge in [0.25, 0.3) is 16.6 Å². The summed E-state index contributed by atoms with van der Waals surface area (Å²) in [6.45, 7) is 5.37. The van der Waals surface area contributed by atoms with Crippen molar-refractivity contribution < 1.29 is 23.1 Å². The number of rotatable bonds is 4. The normalized spacial score (nSPS) is 16.0. The molecule has 1 aliphatic heterocycles. The van der Waals surface area contributed by atoms with E-state index < -0.39 is 23.6 Å². The lowest BCUT2D eigenvalue weighted by molar-refractivity contribution is -0.120. The van der Waals surface area contributed by atoms with Gasteiger partial charge in [0, 0.05) is 31.6 Å². The Labute approximate surface area is 218 Å². The number of nitrogens with one attached hydrogen (secondary N) is 1. The number of hydrogen-bond donors (Lipinski definition) is 1. The van der Waals surface area contributed by atoms with E-state index in [1.54, 1.807) is 45.0 Å². The molecular formula is C23H21BrClFN4O4S. The maximum Gasteiger partial charge on any atom is 0.408 e. The Bertz CT molecular complexity index is 1270. The quantitative estimate of drug-likeness (QED) is 0.413. The highest BCUT2D eigenvalue weighted by molar-refractivity contribution is 9.10. The Balaban J connectivity index is 1.73. The number of alkyl carbamates (subject to hydrolysis) is 1. The average molecular weight is 584 g/mol. The van der Waals surface area contributed by atoms with Crippen LogP contribution in [0.15, 0.2) is 50.5 Å². The second-order valence-electron chi connectivity index (χ2n) is 8.72. The smallest absolute Gasteiger partial charge is 0.408 e. The van der Waals surface area contributed by atoms with Crippen molar-refractivity contribution in [2.75, 3.05) is 10.7 Å². The fraction of sp³-hybridized carbons (Fsp3) is 0.304. The molecule has 1 N–H and O–H groups in total. The summed E-state index contributed by atoms with van der Waals surface area (Å²) in [4.78, 5) is 28.2. The molecule has 2 aromatic carbocycles. The van der Waals surface area contributed by atoms with E-state index in [0.29, 0.717) is 15.6 Å². The van der Waals surface area contributed by atoms with Gasteiger partial charge in [-0.1, -0.05) is 23.7 Å². The van der Waals surface area contributed by atoms with Gasteiger partial charge in [-0.2, -0.15) is 0 Å². The summed E-state index contributed by atoms with van der Waals surface area (Å²) >= 11 is 10.3. The van der Waals surface area contributed by atoms with Crippen LogP contribution in [0.3, 0.4) is 0 Å². The van der Waals surface area contributed by atoms with E-state index in [2.05, 4.69) is 31.4 Å². The van der Waals surface area contributed by atoms with Crippen molar-refractivity contribution in [3.8, 4) is 11.5 Å². The van der Waals surface area contributed by atoms with Crippen LogP contribution in [0, 0.1) is 5.82 Å². The molecule has 0 fully saturated rings. The first-order chi connectivity index (χ1) is 16.5. The van der Waals surface area contributed by atoms with E-state index in [1.165, 1.54) is 28.8 Å². The highest BCUT2D eigenvalue weighted by atomic mass is 79.9. The zero-order chi connectivity index (χ0) is 25.3. The number of anilines is 1. The molecule has 3 aromatic rings. The number of aromatic nitrogens is 2. The molecule has 0 bridgehead atoms. The summed E-state index contributed by atoms with van der Waals surface area (Å²) in [5, 5.41) is 10.8. The van der Waals surface area contributed by atoms with Crippen LogP contribution in [0.25, 0.3) is 11.5 Å². The third-order valence-electron chi connectivity index (χ3n) is 4.88. The van der Waals surface area contributed by atoms with Crippen LogP contribution >= 0.6 is 39.3 Å². The summed E-state index contributed by atoms with van der Waals surface area (Å²) in [6, 6.07) is 8.95. The topological polar surface area (TPSA) is 97.6 Å². The standard InChI is InChI=1S/C23H21BrClFN4O4S/c1-23(2,3)34-22(32)27-16-11-35-18-9-15(26)14(19-28-29-21(24)33-19)8-17(18)30(20(16)31)10-12-4-6-13(25)7-5-12/h4-9,16H,10-11H2,1-3H3,(H,27,32)/t16-/m0/s1. The van der Waals surface area contributed by atoms with E-state index in [4.69, 9.17) is 20.8 Å². The van der Waals surface area contributed by atoms with E-state index in [-0.39, 0.29) is 34.5 Å². The maximum atomic E-state index is 15.0. The minimum Gasteiger partial charge on any atom is -0.444 e. The summed E-state index contributed by atoms with van der Waals surface area (Å²) in [6.07, 6.45) is -0.712. The van der Waals surface area contributed by atoms with Crippen LogP contribution in [0.5, 0.6) is 0 Å². The zero-order valence-corrected chi connectivity index (χ0v) is 22.1. The van der Waals surface area contributed by atoms with E-state index in [0.717, 1.165) is 5.56 Å². The molecule has 1 atom stereocenters. The Hall–Kier alpha value is -2.63.